The summed E-state index contributed by atoms with van der Waals surface area (Å²) in [6.07, 6.45) is 15.2. The van der Waals surface area contributed by atoms with Gasteiger partial charge < -0.3 is 4.74 Å². The van der Waals surface area contributed by atoms with E-state index in [1.54, 1.807) is 0 Å². The van der Waals surface area contributed by atoms with Crippen molar-refractivity contribution in [2.75, 3.05) is 0 Å². The predicted molar refractivity (Wildman–Crippen MR) is 133 cm³/mol. The van der Waals surface area contributed by atoms with E-state index in [2.05, 4.69) is 11.7 Å². The number of rotatable bonds is 9. The van der Waals surface area contributed by atoms with Gasteiger partial charge in [-0.2, -0.15) is 0 Å². The van der Waals surface area contributed by atoms with Gasteiger partial charge in [0.05, 0.1) is 0 Å². The van der Waals surface area contributed by atoms with Crippen molar-refractivity contribution >= 4 is 0 Å². The Labute approximate surface area is 213 Å². The number of ether oxygens (including phenoxy) is 1. The van der Waals surface area contributed by atoms with Gasteiger partial charge in [-0.1, -0.05) is 77.6 Å². The Balaban J connectivity index is 1.21. The van der Waals surface area contributed by atoms with Crippen LogP contribution in [0.1, 0.15) is 121 Å². The monoisotopic (exact) mass is 514 g/mol. The van der Waals surface area contributed by atoms with Crippen LogP contribution in [-0.4, -0.2) is 6.36 Å². The normalized spacial score (nSPS) is 31.2. The molecule has 3 fully saturated rings. The van der Waals surface area contributed by atoms with Crippen molar-refractivity contribution in [3.05, 3.63) is 29.3 Å². The zero-order valence-electron chi connectivity index (χ0n) is 21.7. The minimum atomic E-state index is -5.12. The van der Waals surface area contributed by atoms with Gasteiger partial charge in [-0.05, 0) is 85.3 Å². The van der Waals surface area contributed by atoms with E-state index in [4.69, 9.17) is 0 Å². The highest BCUT2D eigenvalue weighted by Gasteiger charge is 2.38. The van der Waals surface area contributed by atoms with Crippen LogP contribution in [0.25, 0.3) is 0 Å². The van der Waals surface area contributed by atoms with Gasteiger partial charge in [0.25, 0.3) is 0 Å². The van der Waals surface area contributed by atoms with Crippen molar-refractivity contribution in [3.63, 3.8) is 0 Å². The van der Waals surface area contributed by atoms with Gasteiger partial charge in [0.2, 0.25) is 5.75 Å². The zero-order chi connectivity index (χ0) is 25.7. The van der Waals surface area contributed by atoms with Gasteiger partial charge >= 0.3 is 6.36 Å². The second-order valence-corrected chi connectivity index (χ2v) is 12.0. The molecule has 4 rings (SSSR count). The van der Waals surface area contributed by atoms with Crippen LogP contribution < -0.4 is 4.74 Å². The first-order valence-electron chi connectivity index (χ1n) is 14.5. The molecule has 0 heterocycles. The Kier molecular flexibility index (Phi) is 9.60. The van der Waals surface area contributed by atoms with E-state index in [-0.39, 0.29) is 5.92 Å². The maximum absolute atomic E-state index is 14.2. The smallest absolute Gasteiger partial charge is 0.399 e. The highest BCUT2D eigenvalue weighted by molar-refractivity contribution is 5.33. The number of halogens is 5. The SMILES string of the molecule is CCCCCC1CCC(CCC2CCC3CC(c4cc(F)c(OC(F)(F)F)c(F)c4)CCC3C2)CC1. The maximum Gasteiger partial charge on any atom is 0.573 e. The molecule has 36 heavy (non-hydrogen) atoms. The molecule has 3 saturated carbocycles. The molecule has 4 atom stereocenters. The summed E-state index contributed by atoms with van der Waals surface area (Å²) in [5, 5.41) is 0. The first-order chi connectivity index (χ1) is 17.2. The van der Waals surface area contributed by atoms with E-state index >= 15 is 0 Å². The lowest BCUT2D eigenvalue weighted by Crippen LogP contribution is -2.31. The van der Waals surface area contributed by atoms with Gasteiger partial charge in [-0.3, -0.25) is 0 Å². The molecule has 0 saturated heterocycles. The van der Waals surface area contributed by atoms with Gasteiger partial charge in [-0.25, -0.2) is 8.78 Å². The molecule has 6 heteroatoms. The topological polar surface area (TPSA) is 9.23 Å². The molecule has 3 aliphatic rings. The second kappa shape index (κ2) is 12.5. The Morgan fingerprint density at radius 1 is 0.722 bits per heavy atom. The third-order valence-corrected chi connectivity index (χ3v) is 9.60. The van der Waals surface area contributed by atoms with Crippen LogP contribution in [0.15, 0.2) is 12.1 Å². The number of hydrogen-bond acceptors (Lipinski definition) is 1. The van der Waals surface area contributed by atoms with Crippen LogP contribution in [0, 0.1) is 41.2 Å². The fraction of sp³-hybridized carbons (Fsp3) is 0.800. The molecule has 1 aromatic rings. The number of alkyl halides is 3. The van der Waals surface area contributed by atoms with Gasteiger partial charge in [-0.15, -0.1) is 13.2 Å². The van der Waals surface area contributed by atoms with Crippen LogP contribution in [0.4, 0.5) is 22.0 Å². The lowest BCUT2D eigenvalue weighted by Gasteiger charge is -2.43. The van der Waals surface area contributed by atoms with E-state index in [0.717, 1.165) is 55.6 Å². The molecule has 0 aliphatic heterocycles. The maximum atomic E-state index is 14.2. The van der Waals surface area contributed by atoms with Crippen molar-refractivity contribution in [1.82, 2.24) is 0 Å². The van der Waals surface area contributed by atoms with Gasteiger partial charge in [0.15, 0.2) is 11.6 Å². The fourth-order valence-corrected chi connectivity index (χ4v) is 7.54. The molecule has 3 aliphatic carbocycles. The molecule has 0 amide bonds. The predicted octanol–water partition coefficient (Wildman–Crippen LogP) is 10.3. The standard InChI is InChI=1S/C30H43F5O/c1-2-3-4-5-20-6-8-21(9-7-20)10-11-22-12-13-24-17-25(15-14-23(24)16-22)26-18-27(31)29(28(32)19-26)36-30(33,34)35/h18-25H,2-17H2,1H3. The number of fused-ring (bicyclic) bond motifs is 1. The van der Waals surface area contributed by atoms with Crippen LogP contribution >= 0.6 is 0 Å². The van der Waals surface area contributed by atoms with Crippen molar-refractivity contribution in [2.45, 2.75) is 122 Å². The average Bonchev–Trinajstić information content (AvgIpc) is 2.85. The van der Waals surface area contributed by atoms with Gasteiger partial charge in [0.1, 0.15) is 0 Å². The van der Waals surface area contributed by atoms with Crippen LogP contribution in [0.5, 0.6) is 5.75 Å². The lowest BCUT2D eigenvalue weighted by molar-refractivity contribution is -0.276. The first-order valence-corrected chi connectivity index (χ1v) is 14.5. The molecule has 1 aromatic carbocycles. The van der Waals surface area contributed by atoms with E-state index in [1.165, 1.54) is 77.0 Å². The second-order valence-electron chi connectivity index (χ2n) is 12.0. The molecule has 0 spiro atoms. The number of unbranched alkanes of at least 4 members (excludes halogenated alkanes) is 2. The molecule has 0 N–H and O–H groups in total. The van der Waals surface area contributed by atoms with E-state index in [9.17, 15) is 22.0 Å². The van der Waals surface area contributed by atoms with Crippen molar-refractivity contribution in [3.8, 4) is 5.75 Å². The minimum Gasteiger partial charge on any atom is -0.399 e. The Bertz CT molecular complexity index is 806. The van der Waals surface area contributed by atoms with E-state index in [0.29, 0.717) is 17.4 Å². The first kappa shape index (κ1) is 27.7. The Morgan fingerprint density at radius 3 is 1.92 bits per heavy atom. The molecular weight excluding hydrogens is 471 g/mol. The summed E-state index contributed by atoms with van der Waals surface area (Å²) in [5.41, 5.74) is 0.463. The highest BCUT2D eigenvalue weighted by atomic mass is 19.4. The molecule has 4 unspecified atom stereocenters. The average molecular weight is 515 g/mol. The van der Waals surface area contributed by atoms with Crippen molar-refractivity contribution < 1.29 is 26.7 Å². The summed E-state index contributed by atoms with van der Waals surface area (Å²) in [4.78, 5) is 0. The van der Waals surface area contributed by atoms with Crippen molar-refractivity contribution in [2.24, 2.45) is 29.6 Å². The van der Waals surface area contributed by atoms with Crippen LogP contribution in [-0.2, 0) is 0 Å². The molecule has 1 nitrogen and oxygen atoms in total. The molecule has 0 aromatic heterocycles. The van der Waals surface area contributed by atoms with Gasteiger partial charge in [0, 0.05) is 0 Å². The largest absolute Gasteiger partial charge is 0.573 e. The van der Waals surface area contributed by atoms with Crippen molar-refractivity contribution in [1.29, 1.82) is 0 Å². The quantitative estimate of drug-likeness (QED) is 0.235. The number of benzene rings is 1. The molecule has 0 radical (unpaired) electrons. The highest BCUT2D eigenvalue weighted by Crippen LogP contribution is 2.49. The molecule has 0 bridgehead atoms. The van der Waals surface area contributed by atoms with E-state index < -0.39 is 23.7 Å². The summed E-state index contributed by atoms with van der Waals surface area (Å²) in [5.74, 6) is 0.00562. The van der Waals surface area contributed by atoms with E-state index in [1.807, 2.05) is 0 Å². The Morgan fingerprint density at radius 2 is 1.28 bits per heavy atom. The summed E-state index contributed by atoms with van der Waals surface area (Å²) in [6.45, 7) is 2.27. The number of hydrogen-bond donors (Lipinski definition) is 0. The van der Waals surface area contributed by atoms with Crippen LogP contribution in [0.2, 0.25) is 0 Å². The third kappa shape index (κ3) is 7.60. The minimum absolute atomic E-state index is 0.000697. The van der Waals surface area contributed by atoms with Crippen LogP contribution in [0.3, 0.4) is 0 Å². The summed E-state index contributed by atoms with van der Waals surface area (Å²) < 4.78 is 69.4. The third-order valence-electron chi connectivity index (χ3n) is 9.60. The lowest BCUT2D eigenvalue weighted by atomic mass is 9.63. The molecule has 204 valence electrons. The summed E-state index contributed by atoms with van der Waals surface area (Å²) in [6, 6.07) is 2.08. The zero-order valence-corrected chi connectivity index (χ0v) is 21.7. The summed E-state index contributed by atoms with van der Waals surface area (Å²) in [7, 11) is 0. The fourth-order valence-electron chi connectivity index (χ4n) is 7.54. The molecular formula is C30H43F5O. The Hall–Kier alpha value is -1.33. The summed E-state index contributed by atoms with van der Waals surface area (Å²) >= 11 is 0.